The molecule has 0 atom stereocenters. The fraction of sp³-hybridized carbons (Fsp3) is 0.0588. The van der Waals surface area contributed by atoms with Gasteiger partial charge in [-0.05, 0) is 36.8 Å². The molecule has 2 aromatic carbocycles. The van der Waals surface area contributed by atoms with Crippen LogP contribution in [0.4, 0.5) is 5.69 Å². The highest BCUT2D eigenvalue weighted by Gasteiger charge is 2.40. The SMILES string of the molecule is Cc1ccc(C2=C(O)C(=O)N(c3ccc(S(N)(=O)=O)cc3)C2=O)cc1. The van der Waals surface area contributed by atoms with Crippen molar-refractivity contribution in [1.82, 2.24) is 0 Å². The molecule has 8 heteroatoms. The maximum Gasteiger partial charge on any atom is 0.301 e. The number of carbonyl (C=O) groups is 2. The van der Waals surface area contributed by atoms with E-state index in [0.29, 0.717) is 5.56 Å². The number of aliphatic hydroxyl groups is 1. The maximum absolute atomic E-state index is 12.6. The van der Waals surface area contributed by atoms with E-state index in [0.717, 1.165) is 10.5 Å². The summed E-state index contributed by atoms with van der Waals surface area (Å²) in [6.07, 6.45) is 0. The second-order valence-electron chi connectivity index (χ2n) is 5.57. The number of hydrogen-bond donors (Lipinski definition) is 2. The Labute approximate surface area is 144 Å². The van der Waals surface area contributed by atoms with E-state index in [1.165, 1.54) is 24.3 Å². The van der Waals surface area contributed by atoms with Crippen LogP contribution >= 0.6 is 0 Å². The predicted molar refractivity (Wildman–Crippen MR) is 91.0 cm³/mol. The number of anilines is 1. The molecule has 2 amide bonds. The second kappa shape index (κ2) is 5.83. The van der Waals surface area contributed by atoms with Gasteiger partial charge in [-0.15, -0.1) is 0 Å². The first-order chi connectivity index (χ1) is 11.7. The van der Waals surface area contributed by atoms with Gasteiger partial charge in [0.15, 0.2) is 5.76 Å². The molecule has 7 nitrogen and oxygen atoms in total. The molecule has 0 unspecified atom stereocenters. The predicted octanol–water partition coefficient (Wildman–Crippen LogP) is 1.48. The van der Waals surface area contributed by atoms with Crippen molar-refractivity contribution >= 4 is 33.1 Å². The lowest BCUT2D eigenvalue weighted by Crippen LogP contribution is -2.31. The smallest absolute Gasteiger partial charge is 0.301 e. The first kappa shape index (κ1) is 16.9. The van der Waals surface area contributed by atoms with Gasteiger partial charge in [0.05, 0.1) is 16.2 Å². The fourth-order valence-corrected chi connectivity index (χ4v) is 3.03. The Hall–Kier alpha value is -2.97. The largest absolute Gasteiger partial charge is 0.502 e. The van der Waals surface area contributed by atoms with Crippen molar-refractivity contribution in [2.45, 2.75) is 11.8 Å². The summed E-state index contributed by atoms with van der Waals surface area (Å²) in [5.74, 6) is -2.21. The van der Waals surface area contributed by atoms with Gasteiger partial charge in [-0.3, -0.25) is 9.59 Å². The van der Waals surface area contributed by atoms with Crippen molar-refractivity contribution in [1.29, 1.82) is 0 Å². The number of primary sulfonamides is 1. The van der Waals surface area contributed by atoms with Gasteiger partial charge < -0.3 is 5.11 Å². The van der Waals surface area contributed by atoms with Crippen LogP contribution in [0.3, 0.4) is 0 Å². The van der Waals surface area contributed by atoms with Gasteiger partial charge in [-0.2, -0.15) is 0 Å². The molecule has 2 aromatic rings. The Morgan fingerprint density at radius 3 is 2.00 bits per heavy atom. The van der Waals surface area contributed by atoms with E-state index in [4.69, 9.17) is 5.14 Å². The van der Waals surface area contributed by atoms with Crippen LogP contribution in [-0.2, 0) is 19.6 Å². The summed E-state index contributed by atoms with van der Waals surface area (Å²) < 4.78 is 22.6. The molecule has 1 heterocycles. The molecule has 0 spiro atoms. The van der Waals surface area contributed by atoms with E-state index in [1.54, 1.807) is 24.3 Å². The third kappa shape index (κ3) is 2.92. The molecule has 3 rings (SSSR count). The summed E-state index contributed by atoms with van der Waals surface area (Å²) in [4.78, 5) is 25.6. The van der Waals surface area contributed by atoms with E-state index in [1.807, 2.05) is 6.92 Å². The quantitative estimate of drug-likeness (QED) is 0.806. The number of hydrogen-bond acceptors (Lipinski definition) is 5. The van der Waals surface area contributed by atoms with Crippen molar-refractivity contribution in [2.75, 3.05) is 4.90 Å². The average molecular weight is 358 g/mol. The minimum absolute atomic E-state index is 0.0967. The Morgan fingerprint density at radius 2 is 1.48 bits per heavy atom. The summed E-state index contributed by atoms with van der Waals surface area (Å²) in [5, 5.41) is 15.1. The Kier molecular flexibility index (Phi) is 3.94. The van der Waals surface area contributed by atoms with Crippen LogP contribution in [0, 0.1) is 6.92 Å². The number of benzene rings is 2. The number of nitrogens with two attached hydrogens (primary N) is 1. The lowest BCUT2D eigenvalue weighted by Gasteiger charge is -2.14. The molecule has 1 aliphatic heterocycles. The van der Waals surface area contributed by atoms with Crippen molar-refractivity contribution in [2.24, 2.45) is 5.14 Å². The molecule has 0 bridgehead atoms. The highest BCUT2D eigenvalue weighted by Crippen LogP contribution is 2.32. The molecule has 0 radical (unpaired) electrons. The van der Waals surface area contributed by atoms with Gasteiger partial charge in [0, 0.05) is 0 Å². The zero-order chi connectivity index (χ0) is 18.4. The topological polar surface area (TPSA) is 118 Å². The number of sulfonamides is 1. The summed E-state index contributed by atoms with van der Waals surface area (Å²) in [5.41, 5.74) is 1.43. The fourth-order valence-electron chi connectivity index (χ4n) is 2.52. The van der Waals surface area contributed by atoms with Crippen molar-refractivity contribution < 1.29 is 23.1 Å². The van der Waals surface area contributed by atoms with Gasteiger partial charge in [0.2, 0.25) is 10.0 Å². The normalized spacial score (nSPS) is 15.2. The van der Waals surface area contributed by atoms with Crippen LogP contribution in [0.5, 0.6) is 0 Å². The van der Waals surface area contributed by atoms with E-state index in [-0.39, 0.29) is 16.2 Å². The van der Waals surface area contributed by atoms with Crippen molar-refractivity contribution in [3.8, 4) is 0 Å². The van der Waals surface area contributed by atoms with Crippen molar-refractivity contribution in [3.63, 3.8) is 0 Å². The number of nitrogens with zero attached hydrogens (tertiary/aromatic N) is 1. The summed E-state index contributed by atoms with van der Waals surface area (Å²) in [7, 11) is -3.89. The van der Waals surface area contributed by atoms with E-state index in [9.17, 15) is 23.1 Å². The van der Waals surface area contributed by atoms with Gasteiger partial charge in [0.25, 0.3) is 5.91 Å². The summed E-state index contributed by atoms with van der Waals surface area (Å²) >= 11 is 0. The maximum atomic E-state index is 12.6. The molecule has 1 aliphatic rings. The van der Waals surface area contributed by atoms with Crippen LogP contribution in [0.15, 0.2) is 59.2 Å². The number of aryl methyl sites for hydroxylation is 1. The Balaban J connectivity index is 2.00. The van der Waals surface area contributed by atoms with Gasteiger partial charge in [-0.1, -0.05) is 29.8 Å². The van der Waals surface area contributed by atoms with Crippen molar-refractivity contribution in [3.05, 3.63) is 65.4 Å². The van der Waals surface area contributed by atoms with Gasteiger partial charge in [-0.25, -0.2) is 18.5 Å². The first-order valence-corrected chi connectivity index (χ1v) is 8.76. The Bertz CT molecular complexity index is 1010. The first-order valence-electron chi connectivity index (χ1n) is 7.22. The summed E-state index contributed by atoms with van der Waals surface area (Å²) in [6.45, 7) is 1.87. The molecular weight excluding hydrogens is 344 g/mol. The summed E-state index contributed by atoms with van der Waals surface area (Å²) in [6, 6.07) is 11.7. The minimum Gasteiger partial charge on any atom is -0.502 e. The van der Waals surface area contributed by atoms with E-state index in [2.05, 4.69) is 0 Å². The number of carbonyl (C=O) groups excluding carboxylic acids is 2. The molecule has 0 saturated carbocycles. The van der Waals surface area contributed by atoms with Crippen LogP contribution < -0.4 is 10.0 Å². The number of rotatable bonds is 3. The zero-order valence-electron chi connectivity index (χ0n) is 13.1. The lowest BCUT2D eigenvalue weighted by atomic mass is 10.0. The van der Waals surface area contributed by atoms with Crippen LogP contribution in [-0.4, -0.2) is 25.3 Å². The number of aliphatic hydroxyl groups excluding tert-OH is 1. The molecule has 0 aliphatic carbocycles. The number of imide groups is 1. The van der Waals surface area contributed by atoms with E-state index >= 15 is 0 Å². The monoisotopic (exact) mass is 358 g/mol. The van der Waals surface area contributed by atoms with Gasteiger partial charge >= 0.3 is 5.91 Å². The van der Waals surface area contributed by atoms with Crippen LogP contribution in [0.1, 0.15) is 11.1 Å². The zero-order valence-corrected chi connectivity index (χ0v) is 13.9. The highest BCUT2D eigenvalue weighted by atomic mass is 32.2. The molecule has 0 fully saturated rings. The third-order valence-corrected chi connectivity index (χ3v) is 4.75. The Morgan fingerprint density at radius 1 is 0.920 bits per heavy atom. The highest BCUT2D eigenvalue weighted by molar-refractivity contribution is 7.89. The molecule has 25 heavy (non-hydrogen) atoms. The molecular formula is C17H14N2O5S. The van der Waals surface area contributed by atoms with Crippen LogP contribution in [0.25, 0.3) is 5.57 Å². The third-order valence-electron chi connectivity index (χ3n) is 3.82. The average Bonchev–Trinajstić information content (AvgIpc) is 2.78. The molecule has 0 saturated heterocycles. The second-order valence-corrected chi connectivity index (χ2v) is 7.14. The standard InChI is InChI=1S/C17H14N2O5S/c1-10-2-4-11(5-3-10)14-15(20)17(22)19(16(14)21)12-6-8-13(9-7-12)25(18,23)24/h2-9,20H,1H3,(H2,18,23,24). The molecule has 0 aromatic heterocycles. The molecule has 128 valence electrons. The molecule has 3 N–H and O–H groups in total. The number of amides is 2. The van der Waals surface area contributed by atoms with E-state index < -0.39 is 27.6 Å². The lowest BCUT2D eigenvalue weighted by molar-refractivity contribution is -0.121. The van der Waals surface area contributed by atoms with Crippen LogP contribution in [0.2, 0.25) is 0 Å². The van der Waals surface area contributed by atoms with Gasteiger partial charge in [0.1, 0.15) is 0 Å². The minimum atomic E-state index is -3.89.